The lowest BCUT2D eigenvalue weighted by atomic mass is 9.88. The monoisotopic (exact) mass is 404 g/mol. The van der Waals surface area contributed by atoms with Gasteiger partial charge in [0.25, 0.3) is 0 Å². The van der Waals surface area contributed by atoms with Gasteiger partial charge in [-0.05, 0) is 24.1 Å². The number of carbonyl (C=O) groups is 2. The molecule has 2 unspecified atom stereocenters. The second-order valence-corrected chi connectivity index (χ2v) is 7.62. The molecule has 0 bridgehead atoms. The molecular weight excluding hydrogens is 385 g/mol. The number of thioether (sulfide) groups is 1. The molecular formula is C17H19F3N2O4S. The van der Waals surface area contributed by atoms with Crippen LogP contribution in [0.1, 0.15) is 23.5 Å². The largest absolute Gasteiger partial charge is 0.506 e. The number of urea groups is 1. The molecule has 2 aliphatic heterocycles. The summed E-state index contributed by atoms with van der Waals surface area (Å²) in [6, 6.07) is 4.56. The molecule has 1 aromatic carbocycles. The zero-order valence-corrected chi connectivity index (χ0v) is 15.1. The van der Waals surface area contributed by atoms with E-state index in [2.05, 4.69) is 0 Å². The molecule has 2 atom stereocenters. The second-order valence-electron chi connectivity index (χ2n) is 6.55. The summed E-state index contributed by atoms with van der Waals surface area (Å²) in [4.78, 5) is 26.8. The third-order valence-electron chi connectivity index (χ3n) is 4.68. The van der Waals surface area contributed by atoms with Gasteiger partial charge in [0, 0.05) is 24.8 Å². The summed E-state index contributed by atoms with van der Waals surface area (Å²) < 4.78 is 43.2. The Morgan fingerprint density at radius 2 is 1.85 bits per heavy atom. The maximum absolute atomic E-state index is 12.8. The van der Waals surface area contributed by atoms with Crippen LogP contribution in [0.3, 0.4) is 0 Å². The van der Waals surface area contributed by atoms with E-state index in [1.807, 2.05) is 0 Å². The van der Waals surface area contributed by atoms with Gasteiger partial charge in [0.05, 0.1) is 18.0 Å². The minimum atomic E-state index is -4.42. The predicted octanol–water partition coefficient (Wildman–Crippen LogP) is 3.68. The molecule has 1 N–H and O–H groups in total. The number of hydrogen-bond donors (Lipinski definition) is 1. The number of hydrogen-bond acceptors (Lipinski definition) is 4. The van der Waals surface area contributed by atoms with Crippen LogP contribution >= 0.6 is 11.8 Å². The van der Waals surface area contributed by atoms with Crippen molar-refractivity contribution in [1.29, 1.82) is 0 Å². The maximum Gasteiger partial charge on any atom is 0.506 e. The van der Waals surface area contributed by atoms with E-state index in [-0.39, 0.29) is 18.5 Å². The molecule has 3 rings (SSSR count). The highest BCUT2D eigenvalue weighted by atomic mass is 32.2. The van der Waals surface area contributed by atoms with E-state index in [9.17, 15) is 22.8 Å². The Kier molecular flexibility index (Phi) is 5.73. The Morgan fingerprint density at radius 1 is 1.15 bits per heavy atom. The summed E-state index contributed by atoms with van der Waals surface area (Å²) in [5.41, 5.74) is -0.127. The molecule has 148 valence electrons. The zero-order chi connectivity index (χ0) is 19.6. The number of likely N-dealkylation sites (tertiary alicyclic amines) is 1. The van der Waals surface area contributed by atoms with E-state index in [1.165, 1.54) is 17.0 Å². The summed E-state index contributed by atoms with van der Waals surface area (Å²) in [7, 11) is 0. The first kappa shape index (κ1) is 19.7. The molecule has 27 heavy (non-hydrogen) atoms. The van der Waals surface area contributed by atoms with E-state index in [0.29, 0.717) is 31.0 Å². The van der Waals surface area contributed by atoms with Crippen molar-refractivity contribution < 1.29 is 32.6 Å². The lowest BCUT2D eigenvalue weighted by Crippen LogP contribution is -2.51. The average molecular weight is 404 g/mol. The minimum absolute atomic E-state index is 0.142. The molecule has 2 heterocycles. The van der Waals surface area contributed by atoms with Crippen LogP contribution < -0.4 is 0 Å². The number of ether oxygens (including phenoxy) is 1. The Labute approximate surface area is 158 Å². The standard InChI is InChI=1S/C17H19F3N2O4S/c18-17(19,20)13-3-1-11(2-4-13)12-7-14(26-16(24)25)9-22(8-12)15(23)21-5-6-27-10-21/h1-4,12,14H,5-10H2,(H,24,25). The van der Waals surface area contributed by atoms with Crippen molar-refractivity contribution in [2.75, 3.05) is 31.3 Å². The number of halogens is 3. The third-order valence-corrected chi connectivity index (χ3v) is 5.65. The smallest absolute Gasteiger partial charge is 0.450 e. The summed E-state index contributed by atoms with van der Waals surface area (Å²) in [6.07, 6.45) is -6.26. The normalized spacial score (nSPS) is 23.4. The van der Waals surface area contributed by atoms with Gasteiger partial charge in [-0.2, -0.15) is 13.2 Å². The van der Waals surface area contributed by atoms with Crippen LogP contribution in [0.4, 0.5) is 22.8 Å². The summed E-state index contributed by atoms with van der Waals surface area (Å²) in [5.74, 6) is 1.12. The topological polar surface area (TPSA) is 70.1 Å². The lowest BCUT2D eigenvalue weighted by Gasteiger charge is -2.38. The Hall–Kier alpha value is -2.10. The molecule has 2 amide bonds. The van der Waals surface area contributed by atoms with Gasteiger partial charge in [-0.1, -0.05) is 12.1 Å². The predicted molar refractivity (Wildman–Crippen MR) is 92.7 cm³/mol. The van der Waals surface area contributed by atoms with Gasteiger partial charge in [-0.15, -0.1) is 11.8 Å². The lowest BCUT2D eigenvalue weighted by molar-refractivity contribution is -0.137. The van der Waals surface area contributed by atoms with Crippen molar-refractivity contribution in [2.24, 2.45) is 0 Å². The van der Waals surface area contributed by atoms with Gasteiger partial charge in [-0.25, -0.2) is 9.59 Å². The van der Waals surface area contributed by atoms with Crippen LogP contribution in [0.2, 0.25) is 0 Å². The van der Waals surface area contributed by atoms with Crippen molar-refractivity contribution in [2.45, 2.75) is 24.6 Å². The molecule has 1 aromatic rings. The first-order chi connectivity index (χ1) is 12.7. The zero-order valence-electron chi connectivity index (χ0n) is 14.3. The van der Waals surface area contributed by atoms with Crippen LogP contribution in [0, 0.1) is 0 Å². The fraction of sp³-hybridized carbons (Fsp3) is 0.529. The molecule has 0 aromatic heterocycles. The van der Waals surface area contributed by atoms with E-state index < -0.39 is 24.0 Å². The second kappa shape index (κ2) is 7.87. The number of alkyl halides is 3. The summed E-state index contributed by atoms with van der Waals surface area (Å²) >= 11 is 1.63. The molecule has 2 fully saturated rings. The van der Waals surface area contributed by atoms with Crippen molar-refractivity contribution in [3.63, 3.8) is 0 Å². The molecule has 10 heteroatoms. The molecule has 0 radical (unpaired) electrons. The summed E-state index contributed by atoms with van der Waals surface area (Å²) in [5, 5.41) is 8.92. The van der Waals surface area contributed by atoms with E-state index in [1.54, 1.807) is 16.7 Å². The fourth-order valence-corrected chi connectivity index (χ4v) is 4.33. The number of piperidine rings is 1. The van der Waals surface area contributed by atoms with Crippen molar-refractivity contribution in [3.05, 3.63) is 35.4 Å². The highest BCUT2D eigenvalue weighted by Gasteiger charge is 2.36. The number of carboxylic acid groups (broad SMARTS) is 1. The van der Waals surface area contributed by atoms with Crippen LogP contribution in [0.5, 0.6) is 0 Å². The Bertz CT molecular complexity index is 692. The van der Waals surface area contributed by atoms with Crippen molar-refractivity contribution >= 4 is 23.9 Å². The molecule has 0 aliphatic carbocycles. The SMILES string of the molecule is O=C(O)OC1CC(c2ccc(C(F)(F)F)cc2)CN(C(=O)N2CCSC2)C1. The number of amides is 2. The molecule has 0 saturated carbocycles. The first-order valence-electron chi connectivity index (χ1n) is 8.42. The molecule has 2 saturated heterocycles. The van der Waals surface area contributed by atoms with Crippen LogP contribution in [0.15, 0.2) is 24.3 Å². The van der Waals surface area contributed by atoms with Gasteiger partial charge in [0.1, 0.15) is 6.10 Å². The number of carbonyl (C=O) groups excluding carboxylic acids is 1. The Morgan fingerprint density at radius 3 is 2.41 bits per heavy atom. The van der Waals surface area contributed by atoms with E-state index in [0.717, 1.165) is 17.9 Å². The summed E-state index contributed by atoms with van der Waals surface area (Å²) in [6.45, 7) is 1.07. The van der Waals surface area contributed by atoms with Gasteiger partial charge in [0.2, 0.25) is 0 Å². The first-order valence-corrected chi connectivity index (χ1v) is 9.58. The van der Waals surface area contributed by atoms with Gasteiger partial charge < -0.3 is 19.6 Å². The van der Waals surface area contributed by atoms with Crippen LogP contribution in [-0.2, 0) is 10.9 Å². The number of nitrogens with zero attached hydrogens (tertiary/aromatic N) is 2. The van der Waals surface area contributed by atoms with Crippen LogP contribution in [-0.4, -0.2) is 64.5 Å². The van der Waals surface area contributed by atoms with E-state index >= 15 is 0 Å². The minimum Gasteiger partial charge on any atom is -0.450 e. The van der Waals surface area contributed by atoms with Crippen molar-refractivity contribution in [3.8, 4) is 0 Å². The number of benzene rings is 1. The highest BCUT2D eigenvalue weighted by Crippen LogP contribution is 2.33. The fourth-order valence-electron chi connectivity index (χ4n) is 3.39. The van der Waals surface area contributed by atoms with Crippen LogP contribution in [0.25, 0.3) is 0 Å². The highest BCUT2D eigenvalue weighted by molar-refractivity contribution is 7.99. The van der Waals surface area contributed by atoms with E-state index in [4.69, 9.17) is 9.84 Å². The van der Waals surface area contributed by atoms with Crippen molar-refractivity contribution in [1.82, 2.24) is 9.80 Å². The van der Waals surface area contributed by atoms with Gasteiger partial charge in [0.15, 0.2) is 0 Å². The Balaban J connectivity index is 1.78. The molecule has 0 spiro atoms. The number of rotatable bonds is 2. The molecule has 6 nitrogen and oxygen atoms in total. The molecule has 2 aliphatic rings. The maximum atomic E-state index is 12.8. The average Bonchev–Trinajstić information content (AvgIpc) is 3.14. The quantitative estimate of drug-likeness (QED) is 0.762. The van der Waals surface area contributed by atoms with Gasteiger partial charge in [-0.3, -0.25) is 0 Å². The van der Waals surface area contributed by atoms with Gasteiger partial charge >= 0.3 is 18.4 Å². The third kappa shape index (κ3) is 4.79.